The maximum absolute atomic E-state index is 13.6. The van der Waals surface area contributed by atoms with Crippen molar-refractivity contribution in [3.8, 4) is 51.6 Å². The zero-order chi connectivity index (χ0) is 84.5. The van der Waals surface area contributed by atoms with Crippen LogP contribution in [0.25, 0.3) is 44.2 Å². The van der Waals surface area contributed by atoms with Gasteiger partial charge in [-0.2, -0.15) is 15.8 Å². The van der Waals surface area contributed by atoms with Crippen LogP contribution >= 0.6 is 46.4 Å². The van der Waals surface area contributed by atoms with Gasteiger partial charge in [0.2, 0.25) is 17.7 Å². The number of hydrogen-bond acceptors (Lipinski definition) is 12. The second-order valence-corrected chi connectivity index (χ2v) is 33.8. The van der Waals surface area contributed by atoms with Gasteiger partial charge in [-0.3, -0.25) is 24.2 Å². The standard InChI is InChI=1S/C37H31Cl2N3O2.C33H36ClFN4O.C30H29ClFN3O2/c38-32-20-33(39)22-34(21-32)41-36(43)25-44-37(31-13-11-27(12-14-31)29-8-3-5-26(19-29)23-40)15-17-42(18-16-37)24-30-9-4-7-28-6-1-2-10-35(28)30;1-2-39(23-32(40)37-28-14-15-31(35)30(34)21-28)33(16-18-38(19-17-33)29-8-3-4-9-29)27-12-10-25(11-13-27)26-7-5-6-24(20-26)22-36;31-27-17-26(10-11-28(27)32)34-29(36)20-37-30(12-14-35(15-13-30)19-21-4-5-21)25-8-6-23(7-9-25)24-3-1-2-22(16-24)18-33/h1-14,19-22H,15-18,24-25H2,(H,41,43);5-7,10-15,20-21,29H,2-4,8-9,16-19,23H2,1H3,(H,37,40);1-3,6-11,16-17,21H,4-5,12-15,19-20H2,(H,34,36). The van der Waals surface area contributed by atoms with Crippen molar-refractivity contribution < 1.29 is 32.6 Å². The molecule has 3 aliphatic heterocycles. The van der Waals surface area contributed by atoms with Crippen LogP contribution in [0.3, 0.4) is 0 Å². The van der Waals surface area contributed by atoms with Crippen LogP contribution in [-0.4, -0.2) is 115 Å². The molecule has 16 rings (SSSR count). The van der Waals surface area contributed by atoms with Gasteiger partial charge in [0.1, 0.15) is 24.8 Å². The number of likely N-dealkylation sites (tertiary alicyclic amines) is 3. The Hall–Kier alpha value is -10.7. The molecule has 3 saturated heterocycles. The lowest BCUT2D eigenvalue weighted by atomic mass is 9.78. The van der Waals surface area contributed by atoms with E-state index in [1.807, 2.05) is 72.8 Å². The SMILES string of the molecule is CCN(CC(=O)Nc1ccc(F)c(Cl)c1)C1(c2ccc(-c3cccc(C#N)c3)cc2)CCN(C2CCCC2)CC1.N#Cc1cccc(-c2ccc(C3(OCC(=O)Nc4cc(Cl)cc(Cl)c4)CCN(Cc4cccc5ccccc45)CC3)cc2)c1.N#Cc1cccc(-c2ccc(C3(OCC(=O)Nc4ccc(F)c(Cl)c4)CCN(CC4CC4)CC3)cc2)c1. The molecule has 15 nitrogen and oxygen atoms in total. The fourth-order valence-corrected chi connectivity index (χ4v) is 18.5. The van der Waals surface area contributed by atoms with Gasteiger partial charge >= 0.3 is 0 Å². The Morgan fingerprint density at radius 1 is 0.455 bits per heavy atom. The van der Waals surface area contributed by atoms with Gasteiger partial charge in [0, 0.05) is 91.0 Å². The third kappa shape index (κ3) is 22.2. The Bertz CT molecular complexity index is 5580. The Labute approximate surface area is 727 Å². The van der Waals surface area contributed by atoms with Crippen LogP contribution in [0, 0.1) is 51.5 Å². The maximum atomic E-state index is 13.6. The van der Waals surface area contributed by atoms with Gasteiger partial charge < -0.3 is 35.2 Å². The predicted molar refractivity (Wildman–Crippen MR) is 479 cm³/mol. The predicted octanol–water partition coefficient (Wildman–Crippen LogP) is 22.4. The van der Waals surface area contributed by atoms with Crippen molar-refractivity contribution in [1.82, 2.24) is 19.6 Å². The minimum atomic E-state index is -0.633. The number of ether oxygens (including phenoxy) is 2. The summed E-state index contributed by atoms with van der Waals surface area (Å²) in [5, 5.41) is 39.8. The lowest BCUT2D eigenvalue weighted by molar-refractivity contribution is -0.135. The van der Waals surface area contributed by atoms with Crippen molar-refractivity contribution in [2.24, 2.45) is 5.92 Å². The van der Waals surface area contributed by atoms with Gasteiger partial charge in [-0.1, -0.05) is 218 Å². The minimum Gasteiger partial charge on any atom is -0.360 e. The summed E-state index contributed by atoms with van der Waals surface area (Å²) in [5.74, 6) is -0.947. The summed E-state index contributed by atoms with van der Waals surface area (Å²) in [6.07, 6.45) is 12.8. The summed E-state index contributed by atoms with van der Waals surface area (Å²) in [4.78, 5) is 48.9. The molecule has 5 aliphatic rings. The molecule has 3 amide bonds. The highest BCUT2D eigenvalue weighted by molar-refractivity contribution is 6.35. The molecule has 0 bridgehead atoms. The summed E-state index contributed by atoms with van der Waals surface area (Å²) < 4.78 is 40.1. The third-order valence-electron chi connectivity index (χ3n) is 24.3. The van der Waals surface area contributed by atoms with E-state index in [2.05, 4.69) is 164 Å². The number of halogens is 6. The van der Waals surface area contributed by atoms with E-state index in [4.69, 9.17) is 55.9 Å². The average molecular weight is 1700 g/mol. The Kier molecular flexibility index (Phi) is 28.9. The van der Waals surface area contributed by atoms with E-state index < -0.39 is 22.8 Å². The van der Waals surface area contributed by atoms with Crippen molar-refractivity contribution in [1.29, 1.82) is 15.8 Å². The molecule has 11 aromatic carbocycles. The molecule has 618 valence electrons. The number of nitrogens with one attached hydrogen (secondary N) is 3. The molecule has 21 heteroatoms. The summed E-state index contributed by atoms with van der Waals surface area (Å²) >= 11 is 24.0. The van der Waals surface area contributed by atoms with E-state index in [1.54, 1.807) is 30.3 Å². The summed E-state index contributed by atoms with van der Waals surface area (Å²) in [5.41, 5.74) is 12.5. The molecule has 0 unspecified atom stereocenters. The number of benzene rings is 11. The number of anilines is 3. The van der Waals surface area contributed by atoms with E-state index >= 15 is 0 Å². The number of piperidine rings is 3. The number of nitriles is 3. The number of nitrogens with zero attached hydrogens (tertiary/aromatic N) is 7. The molecule has 121 heavy (non-hydrogen) atoms. The normalized spacial score (nSPS) is 16.4. The minimum absolute atomic E-state index is 0.0127. The molecule has 0 radical (unpaired) electrons. The molecule has 2 aliphatic carbocycles. The van der Waals surface area contributed by atoms with Gasteiger partial charge in [0.25, 0.3) is 0 Å². The number of fused-ring (bicyclic) bond motifs is 1. The Balaban J connectivity index is 0.000000149. The van der Waals surface area contributed by atoms with Crippen molar-refractivity contribution in [3.63, 3.8) is 0 Å². The van der Waals surface area contributed by atoms with E-state index in [9.17, 15) is 39.0 Å². The van der Waals surface area contributed by atoms with E-state index in [-0.39, 0.29) is 53.1 Å². The lowest BCUT2D eigenvalue weighted by Crippen LogP contribution is -2.56. The Morgan fingerprint density at radius 3 is 1.36 bits per heavy atom. The van der Waals surface area contributed by atoms with Crippen LogP contribution in [0.4, 0.5) is 25.8 Å². The van der Waals surface area contributed by atoms with Crippen LogP contribution in [-0.2, 0) is 47.1 Å². The van der Waals surface area contributed by atoms with Crippen LogP contribution in [0.5, 0.6) is 0 Å². The molecule has 5 fully saturated rings. The zero-order valence-electron chi connectivity index (χ0n) is 67.7. The highest BCUT2D eigenvalue weighted by Crippen LogP contribution is 2.45. The van der Waals surface area contributed by atoms with E-state index in [1.165, 1.54) is 96.8 Å². The quantitative estimate of drug-likeness (QED) is 0.0520. The first-order valence-corrected chi connectivity index (χ1v) is 43.1. The highest BCUT2D eigenvalue weighted by atomic mass is 35.5. The number of hydrogen-bond donors (Lipinski definition) is 3. The first-order valence-electron chi connectivity index (χ1n) is 41.5. The van der Waals surface area contributed by atoms with Crippen molar-refractivity contribution in [3.05, 3.63) is 313 Å². The molecule has 0 spiro atoms. The largest absolute Gasteiger partial charge is 0.360 e. The number of carbonyl (C=O) groups is 3. The fourth-order valence-electron chi connectivity index (χ4n) is 17.6. The number of amides is 3. The van der Waals surface area contributed by atoms with Crippen LogP contribution in [0.2, 0.25) is 20.1 Å². The number of carbonyl (C=O) groups excluding carboxylic acids is 3. The van der Waals surface area contributed by atoms with Crippen LogP contribution in [0.15, 0.2) is 243 Å². The molecule has 11 aromatic rings. The number of rotatable bonds is 24. The summed E-state index contributed by atoms with van der Waals surface area (Å²) in [7, 11) is 0. The first kappa shape index (κ1) is 86.7. The topological polar surface area (TPSA) is 190 Å². The molecule has 0 atom stereocenters. The molecule has 2 saturated carbocycles. The van der Waals surface area contributed by atoms with Gasteiger partial charge in [0.15, 0.2) is 0 Å². The second-order valence-electron chi connectivity index (χ2n) is 32.1. The highest BCUT2D eigenvalue weighted by Gasteiger charge is 2.44. The van der Waals surface area contributed by atoms with Crippen molar-refractivity contribution >= 4 is 92.0 Å². The summed E-state index contributed by atoms with van der Waals surface area (Å²) in [6.45, 7) is 10.3. The zero-order valence-corrected chi connectivity index (χ0v) is 70.7. The second kappa shape index (κ2) is 40.4. The molecule has 3 N–H and O–H groups in total. The van der Waals surface area contributed by atoms with Crippen LogP contribution in [0.1, 0.15) is 123 Å². The van der Waals surface area contributed by atoms with Gasteiger partial charge in [-0.15, -0.1) is 0 Å². The Morgan fingerprint density at radius 2 is 0.893 bits per heavy atom. The van der Waals surface area contributed by atoms with Crippen molar-refractivity contribution in [2.75, 3.05) is 88.1 Å². The first-order chi connectivity index (χ1) is 58.8. The van der Waals surface area contributed by atoms with Gasteiger partial charge in [-0.05, 0) is 234 Å². The fraction of sp³-hybridized carbons (Fsp3) is 0.300. The van der Waals surface area contributed by atoms with Gasteiger partial charge in [-0.25, -0.2) is 8.78 Å². The van der Waals surface area contributed by atoms with E-state index in [0.29, 0.717) is 56.4 Å². The monoisotopic (exact) mass is 1690 g/mol. The smallest absolute Gasteiger partial charge is 0.250 e. The average Bonchev–Trinajstić information content (AvgIpc) is 1.69. The third-order valence-corrected chi connectivity index (χ3v) is 25.3. The molecule has 3 heterocycles. The maximum Gasteiger partial charge on any atom is 0.250 e. The lowest BCUT2D eigenvalue weighted by Gasteiger charge is -2.50. The summed E-state index contributed by atoms with van der Waals surface area (Å²) in [6, 6.07) is 83.5. The molecular weight excluding hydrogens is 1600 g/mol. The molecular formula is C100H96Cl4F2N10O5. The van der Waals surface area contributed by atoms with Gasteiger partial charge in [0.05, 0.1) is 62.7 Å². The molecule has 0 aromatic heterocycles. The van der Waals surface area contributed by atoms with Crippen molar-refractivity contribution in [2.45, 2.75) is 113 Å². The van der Waals surface area contributed by atoms with Crippen LogP contribution < -0.4 is 16.0 Å². The number of likely N-dealkylation sites (N-methyl/N-ethyl adjacent to an activating group) is 1. The van der Waals surface area contributed by atoms with E-state index in [0.717, 1.165) is 141 Å².